The van der Waals surface area contributed by atoms with Crippen LogP contribution in [0.1, 0.15) is 43.4 Å². The molecule has 0 saturated carbocycles. The Morgan fingerprint density at radius 2 is 2.20 bits per heavy atom. The van der Waals surface area contributed by atoms with Gasteiger partial charge in [-0.25, -0.2) is 0 Å². The lowest BCUT2D eigenvalue weighted by atomic mass is 9.97. The van der Waals surface area contributed by atoms with E-state index in [0.717, 1.165) is 6.54 Å². The molecule has 1 aromatic carbocycles. The Morgan fingerprint density at radius 1 is 1.33 bits per heavy atom. The third kappa shape index (κ3) is 2.28. The van der Waals surface area contributed by atoms with E-state index in [2.05, 4.69) is 37.0 Å². The highest BCUT2D eigenvalue weighted by atomic mass is 14.7. The van der Waals surface area contributed by atoms with Crippen LogP contribution >= 0.6 is 0 Å². The number of rotatable bonds is 2. The Hall–Kier alpha value is -1.11. The van der Waals surface area contributed by atoms with Gasteiger partial charge in [-0.05, 0) is 48.9 Å². The van der Waals surface area contributed by atoms with Crippen molar-refractivity contribution in [3.8, 4) is 0 Å². The summed E-state index contributed by atoms with van der Waals surface area (Å²) in [5.74, 6) is 0. The van der Waals surface area contributed by atoms with E-state index in [1.807, 2.05) is 0 Å². The predicted octanol–water partition coefficient (Wildman–Crippen LogP) is 3.39. The van der Waals surface area contributed by atoms with Crippen molar-refractivity contribution >= 4 is 5.71 Å². The highest BCUT2D eigenvalue weighted by Crippen LogP contribution is 2.19. The van der Waals surface area contributed by atoms with Gasteiger partial charge in [-0.1, -0.05) is 25.5 Å². The monoisotopic (exact) mass is 201 g/mol. The summed E-state index contributed by atoms with van der Waals surface area (Å²) in [6.07, 6.45) is 4.77. The van der Waals surface area contributed by atoms with E-state index in [1.54, 1.807) is 0 Å². The van der Waals surface area contributed by atoms with Gasteiger partial charge in [-0.2, -0.15) is 0 Å². The molecule has 0 radical (unpaired) electrons. The van der Waals surface area contributed by atoms with Gasteiger partial charge in [0.25, 0.3) is 0 Å². The molecule has 15 heavy (non-hydrogen) atoms. The minimum Gasteiger partial charge on any atom is -0.289 e. The zero-order valence-corrected chi connectivity index (χ0v) is 9.71. The van der Waals surface area contributed by atoms with Crippen LogP contribution in [-0.2, 0) is 12.8 Å². The van der Waals surface area contributed by atoms with Gasteiger partial charge < -0.3 is 0 Å². The first-order chi connectivity index (χ1) is 7.31. The third-order valence-corrected chi connectivity index (χ3v) is 3.06. The predicted molar refractivity (Wildman–Crippen MR) is 65.8 cm³/mol. The number of hydrogen-bond acceptors (Lipinski definition) is 1. The molecule has 1 nitrogen and oxygen atoms in total. The van der Waals surface area contributed by atoms with Crippen molar-refractivity contribution < 1.29 is 0 Å². The second-order valence-corrected chi connectivity index (χ2v) is 4.31. The molecule has 0 saturated heterocycles. The largest absolute Gasteiger partial charge is 0.289 e. The van der Waals surface area contributed by atoms with Crippen molar-refractivity contribution in [2.24, 2.45) is 4.99 Å². The van der Waals surface area contributed by atoms with Gasteiger partial charge in [0, 0.05) is 12.3 Å². The molecular formula is C14H19N. The molecule has 1 heterocycles. The fourth-order valence-corrected chi connectivity index (χ4v) is 2.22. The Balaban J connectivity index is 2.39. The van der Waals surface area contributed by atoms with Crippen molar-refractivity contribution in [2.75, 3.05) is 6.54 Å². The summed E-state index contributed by atoms with van der Waals surface area (Å²) in [6.45, 7) is 5.36. The summed E-state index contributed by atoms with van der Waals surface area (Å²) in [7, 11) is 0. The van der Waals surface area contributed by atoms with Gasteiger partial charge in [0.1, 0.15) is 0 Å². The van der Waals surface area contributed by atoms with Gasteiger partial charge in [0.15, 0.2) is 0 Å². The molecular weight excluding hydrogens is 182 g/mol. The number of aryl methyl sites for hydroxylation is 2. The summed E-state index contributed by atoms with van der Waals surface area (Å²) < 4.78 is 0. The fraction of sp³-hybridized carbons (Fsp3) is 0.500. The third-order valence-electron chi connectivity index (χ3n) is 3.06. The van der Waals surface area contributed by atoms with Gasteiger partial charge in [-0.3, -0.25) is 4.99 Å². The van der Waals surface area contributed by atoms with Crippen LogP contribution in [0, 0.1) is 0 Å². The molecule has 0 unspecified atom stereocenters. The van der Waals surface area contributed by atoms with Gasteiger partial charge in [0.05, 0.1) is 0 Å². The molecule has 0 bridgehead atoms. The Labute approximate surface area is 92.2 Å². The zero-order chi connectivity index (χ0) is 10.7. The number of fused-ring (bicyclic) bond motifs is 1. The molecule has 1 aromatic rings. The molecule has 80 valence electrons. The first kappa shape index (κ1) is 10.4. The van der Waals surface area contributed by atoms with Crippen LogP contribution in [0.2, 0.25) is 0 Å². The minimum atomic E-state index is 0.990. The van der Waals surface area contributed by atoms with Crippen LogP contribution in [0.3, 0.4) is 0 Å². The van der Waals surface area contributed by atoms with Crippen molar-refractivity contribution in [1.82, 2.24) is 0 Å². The van der Waals surface area contributed by atoms with E-state index >= 15 is 0 Å². The topological polar surface area (TPSA) is 12.4 Å². The summed E-state index contributed by atoms with van der Waals surface area (Å²) >= 11 is 0. The molecule has 0 N–H and O–H groups in total. The maximum absolute atomic E-state index is 4.58. The summed E-state index contributed by atoms with van der Waals surface area (Å²) in [5, 5.41) is 0. The SMILES string of the molecule is CCCc1ccc2c(c1)C(C)=NCCC2. The van der Waals surface area contributed by atoms with Crippen LogP contribution in [0.5, 0.6) is 0 Å². The Morgan fingerprint density at radius 3 is 3.00 bits per heavy atom. The number of benzene rings is 1. The van der Waals surface area contributed by atoms with Crippen molar-refractivity contribution in [2.45, 2.75) is 39.5 Å². The maximum Gasteiger partial charge on any atom is 0.0395 e. The fourth-order valence-electron chi connectivity index (χ4n) is 2.22. The number of aliphatic imine (C=N–C) groups is 1. The molecule has 2 rings (SSSR count). The molecule has 0 aromatic heterocycles. The van der Waals surface area contributed by atoms with E-state index in [1.165, 1.54) is 48.1 Å². The van der Waals surface area contributed by atoms with Crippen molar-refractivity contribution in [3.05, 3.63) is 34.9 Å². The van der Waals surface area contributed by atoms with Crippen LogP contribution in [0.15, 0.2) is 23.2 Å². The van der Waals surface area contributed by atoms with Crippen molar-refractivity contribution in [3.63, 3.8) is 0 Å². The summed E-state index contributed by atoms with van der Waals surface area (Å²) in [6, 6.07) is 6.91. The second-order valence-electron chi connectivity index (χ2n) is 4.31. The first-order valence-electron chi connectivity index (χ1n) is 5.94. The lowest BCUT2D eigenvalue weighted by Gasteiger charge is -2.08. The molecule has 1 heteroatoms. The van der Waals surface area contributed by atoms with E-state index in [4.69, 9.17) is 0 Å². The van der Waals surface area contributed by atoms with Crippen LogP contribution in [-0.4, -0.2) is 12.3 Å². The molecule has 1 aliphatic heterocycles. The molecule has 0 atom stereocenters. The van der Waals surface area contributed by atoms with E-state index in [9.17, 15) is 0 Å². The maximum atomic E-state index is 4.58. The normalized spacial score (nSPS) is 15.5. The van der Waals surface area contributed by atoms with Gasteiger partial charge in [0.2, 0.25) is 0 Å². The average Bonchev–Trinajstić information content (AvgIpc) is 2.42. The highest BCUT2D eigenvalue weighted by Gasteiger charge is 2.09. The zero-order valence-electron chi connectivity index (χ0n) is 9.71. The molecule has 0 spiro atoms. The Bertz CT molecular complexity index is 377. The van der Waals surface area contributed by atoms with E-state index in [-0.39, 0.29) is 0 Å². The minimum absolute atomic E-state index is 0.990. The summed E-state index contributed by atoms with van der Waals surface area (Å²) in [5.41, 5.74) is 5.54. The highest BCUT2D eigenvalue weighted by molar-refractivity contribution is 6.00. The molecule has 1 aliphatic rings. The summed E-state index contributed by atoms with van der Waals surface area (Å²) in [4.78, 5) is 4.58. The van der Waals surface area contributed by atoms with Crippen molar-refractivity contribution in [1.29, 1.82) is 0 Å². The van der Waals surface area contributed by atoms with Gasteiger partial charge >= 0.3 is 0 Å². The van der Waals surface area contributed by atoms with Crippen LogP contribution < -0.4 is 0 Å². The standard InChI is InChI=1S/C14H19N/c1-3-5-12-7-8-13-6-4-9-15-11(2)14(13)10-12/h7-8,10H,3-6,9H2,1-2H3. The van der Waals surface area contributed by atoms with E-state index < -0.39 is 0 Å². The smallest absolute Gasteiger partial charge is 0.0395 e. The molecule has 0 amide bonds. The number of nitrogens with zero attached hydrogens (tertiary/aromatic N) is 1. The number of hydrogen-bond donors (Lipinski definition) is 0. The molecule has 0 fully saturated rings. The molecule has 0 aliphatic carbocycles. The van der Waals surface area contributed by atoms with Crippen LogP contribution in [0.25, 0.3) is 0 Å². The first-order valence-corrected chi connectivity index (χ1v) is 5.94. The quantitative estimate of drug-likeness (QED) is 0.695. The lowest BCUT2D eigenvalue weighted by Crippen LogP contribution is -2.00. The van der Waals surface area contributed by atoms with Crippen LogP contribution in [0.4, 0.5) is 0 Å². The van der Waals surface area contributed by atoms with Gasteiger partial charge in [-0.15, -0.1) is 0 Å². The lowest BCUT2D eigenvalue weighted by molar-refractivity contribution is 0.843. The second kappa shape index (κ2) is 4.61. The Kier molecular flexibility index (Phi) is 3.20. The average molecular weight is 201 g/mol. The van der Waals surface area contributed by atoms with E-state index in [0.29, 0.717) is 0 Å².